The third kappa shape index (κ3) is 5.71. The Morgan fingerprint density at radius 1 is 0.912 bits per heavy atom. The fourth-order valence-corrected chi connectivity index (χ4v) is 4.63. The Kier molecular flexibility index (Phi) is 6.79. The van der Waals surface area contributed by atoms with Crippen molar-refractivity contribution in [1.82, 2.24) is 15.1 Å². The van der Waals surface area contributed by atoms with Crippen LogP contribution in [0.4, 0.5) is 5.69 Å². The van der Waals surface area contributed by atoms with E-state index >= 15 is 0 Å². The van der Waals surface area contributed by atoms with Crippen LogP contribution in [0.1, 0.15) is 32.6 Å². The van der Waals surface area contributed by atoms with Gasteiger partial charge in [-0.05, 0) is 78.6 Å². The van der Waals surface area contributed by atoms with Gasteiger partial charge in [0, 0.05) is 30.2 Å². The number of amides is 1. The van der Waals surface area contributed by atoms with Crippen molar-refractivity contribution in [3.05, 3.63) is 113 Å². The SMILES string of the molecule is Cc1ccc(S(=O)(=O)Nc2ccc(C(=O)NCc3cccc(Cn4cccn4)c3)cc2)cc1C. The van der Waals surface area contributed by atoms with Gasteiger partial charge >= 0.3 is 0 Å². The van der Waals surface area contributed by atoms with Crippen molar-refractivity contribution in [2.45, 2.75) is 31.8 Å². The van der Waals surface area contributed by atoms with Gasteiger partial charge in [0.1, 0.15) is 0 Å². The number of rotatable bonds is 8. The number of anilines is 1. The predicted molar refractivity (Wildman–Crippen MR) is 132 cm³/mol. The number of aromatic nitrogens is 2. The second-order valence-electron chi connectivity index (χ2n) is 8.14. The molecular weight excluding hydrogens is 448 g/mol. The highest BCUT2D eigenvalue weighted by molar-refractivity contribution is 7.92. The second-order valence-corrected chi connectivity index (χ2v) is 9.82. The van der Waals surface area contributed by atoms with Gasteiger partial charge in [-0.15, -0.1) is 0 Å². The Labute approximate surface area is 199 Å². The first kappa shape index (κ1) is 23.3. The smallest absolute Gasteiger partial charge is 0.261 e. The number of carbonyl (C=O) groups excluding carboxylic acids is 1. The molecule has 7 nitrogen and oxygen atoms in total. The molecule has 0 aliphatic carbocycles. The zero-order valence-corrected chi connectivity index (χ0v) is 19.8. The molecule has 0 unspecified atom stereocenters. The van der Waals surface area contributed by atoms with Gasteiger partial charge in [-0.25, -0.2) is 8.42 Å². The first-order valence-corrected chi connectivity index (χ1v) is 12.3. The van der Waals surface area contributed by atoms with E-state index in [1.807, 2.05) is 55.1 Å². The van der Waals surface area contributed by atoms with Crippen LogP contribution in [0, 0.1) is 13.8 Å². The maximum absolute atomic E-state index is 12.7. The van der Waals surface area contributed by atoms with Gasteiger partial charge in [-0.3, -0.25) is 14.2 Å². The van der Waals surface area contributed by atoms with Crippen LogP contribution in [0.3, 0.4) is 0 Å². The summed E-state index contributed by atoms with van der Waals surface area (Å²) >= 11 is 0. The van der Waals surface area contributed by atoms with Crippen LogP contribution in [0.15, 0.2) is 90.1 Å². The fourth-order valence-electron chi connectivity index (χ4n) is 3.49. The van der Waals surface area contributed by atoms with Crippen molar-refractivity contribution in [3.8, 4) is 0 Å². The van der Waals surface area contributed by atoms with Crippen LogP contribution in [0.25, 0.3) is 0 Å². The highest BCUT2D eigenvalue weighted by Crippen LogP contribution is 2.19. The average Bonchev–Trinajstić information content (AvgIpc) is 3.33. The van der Waals surface area contributed by atoms with Gasteiger partial charge in [0.05, 0.1) is 11.4 Å². The lowest BCUT2D eigenvalue weighted by molar-refractivity contribution is 0.0951. The van der Waals surface area contributed by atoms with E-state index < -0.39 is 10.0 Å². The molecule has 1 aromatic heterocycles. The lowest BCUT2D eigenvalue weighted by atomic mass is 10.1. The summed E-state index contributed by atoms with van der Waals surface area (Å²) in [6.07, 6.45) is 3.64. The van der Waals surface area contributed by atoms with E-state index in [1.165, 1.54) is 0 Å². The summed E-state index contributed by atoms with van der Waals surface area (Å²) in [4.78, 5) is 12.8. The van der Waals surface area contributed by atoms with Crippen LogP contribution < -0.4 is 10.0 Å². The van der Waals surface area contributed by atoms with Crippen molar-refractivity contribution < 1.29 is 13.2 Å². The van der Waals surface area contributed by atoms with E-state index in [4.69, 9.17) is 0 Å². The molecular formula is C26H26N4O3S. The Bertz CT molecular complexity index is 1400. The number of aryl methyl sites for hydroxylation is 2. The van der Waals surface area contributed by atoms with Crippen LogP contribution in [-0.2, 0) is 23.1 Å². The van der Waals surface area contributed by atoms with Gasteiger partial charge in [0.2, 0.25) is 0 Å². The summed E-state index contributed by atoms with van der Waals surface area (Å²) in [5.74, 6) is -0.235. The zero-order valence-electron chi connectivity index (χ0n) is 19.0. The number of carbonyl (C=O) groups is 1. The molecule has 4 rings (SSSR count). The quantitative estimate of drug-likeness (QED) is 0.399. The Morgan fingerprint density at radius 3 is 2.38 bits per heavy atom. The summed E-state index contributed by atoms with van der Waals surface area (Å²) in [7, 11) is -3.71. The summed E-state index contributed by atoms with van der Waals surface area (Å²) in [6.45, 7) is 4.85. The first-order valence-electron chi connectivity index (χ1n) is 10.8. The van der Waals surface area contributed by atoms with Crippen molar-refractivity contribution in [2.75, 3.05) is 4.72 Å². The number of sulfonamides is 1. The van der Waals surface area contributed by atoms with Gasteiger partial charge in [-0.1, -0.05) is 30.3 Å². The van der Waals surface area contributed by atoms with Gasteiger partial charge in [0.15, 0.2) is 0 Å². The molecule has 1 heterocycles. The molecule has 0 aliphatic rings. The number of hydrogen-bond donors (Lipinski definition) is 2. The molecule has 34 heavy (non-hydrogen) atoms. The molecule has 174 valence electrons. The standard InChI is InChI=1S/C26H26N4O3S/c1-19-7-12-25(15-20(19)2)34(32,33)29-24-10-8-23(9-11-24)26(31)27-17-21-5-3-6-22(16-21)18-30-14-4-13-28-30/h3-16,29H,17-18H2,1-2H3,(H,27,31). The summed E-state index contributed by atoms with van der Waals surface area (Å²) in [6, 6.07) is 21.2. The molecule has 0 spiro atoms. The number of nitrogens with one attached hydrogen (secondary N) is 2. The summed E-state index contributed by atoms with van der Waals surface area (Å²) < 4.78 is 29.8. The van der Waals surface area contributed by atoms with Crippen LogP contribution in [0.5, 0.6) is 0 Å². The zero-order chi connectivity index (χ0) is 24.1. The van der Waals surface area contributed by atoms with E-state index in [0.717, 1.165) is 22.3 Å². The highest BCUT2D eigenvalue weighted by atomic mass is 32.2. The fraction of sp³-hybridized carbons (Fsp3) is 0.154. The van der Waals surface area contributed by atoms with E-state index in [0.29, 0.717) is 24.3 Å². The minimum Gasteiger partial charge on any atom is -0.348 e. The van der Waals surface area contributed by atoms with Crippen molar-refractivity contribution in [1.29, 1.82) is 0 Å². The normalized spacial score (nSPS) is 11.2. The third-order valence-corrected chi connectivity index (χ3v) is 6.92. The van der Waals surface area contributed by atoms with E-state index in [9.17, 15) is 13.2 Å². The molecule has 0 saturated carbocycles. The predicted octanol–water partition coefficient (Wildman–Crippen LogP) is 4.28. The summed E-state index contributed by atoms with van der Waals surface area (Å²) in [5.41, 5.74) is 4.84. The molecule has 0 aliphatic heterocycles. The lowest BCUT2D eigenvalue weighted by Crippen LogP contribution is -2.23. The average molecular weight is 475 g/mol. The van der Waals surface area contributed by atoms with E-state index in [2.05, 4.69) is 15.1 Å². The van der Waals surface area contributed by atoms with Crippen LogP contribution >= 0.6 is 0 Å². The Morgan fingerprint density at radius 2 is 1.68 bits per heavy atom. The minimum absolute atomic E-state index is 0.201. The van der Waals surface area contributed by atoms with Crippen molar-refractivity contribution >= 4 is 21.6 Å². The van der Waals surface area contributed by atoms with E-state index in [1.54, 1.807) is 48.7 Å². The molecule has 8 heteroatoms. The molecule has 0 fully saturated rings. The first-order chi connectivity index (χ1) is 16.3. The van der Waals surface area contributed by atoms with Crippen LogP contribution in [0.2, 0.25) is 0 Å². The molecule has 0 saturated heterocycles. The van der Waals surface area contributed by atoms with Crippen molar-refractivity contribution in [2.24, 2.45) is 0 Å². The lowest BCUT2D eigenvalue weighted by Gasteiger charge is -2.11. The molecule has 1 amide bonds. The summed E-state index contributed by atoms with van der Waals surface area (Å²) in [5, 5.41) is 7.12. The van der Waals surface area contributed by atoms with Crippen LogP contribution in [-0.4, -0.2) is 24.1 Å². The molecule has 0 bridgehead atoms. The number of benzene rings is 3. The monoisotopic (exact) mass is 474 g/mol. The Balaban J connectivity index is 1.36. The van der Waals surface area contributed by atoms with Crippen molar-refractivity contribution in [3.63, 3.8) is 0 Å². The third-order valence-electron chi connectivity index (χ3n) is 5.54. The largest absolute Gasteiger partial charge is 0.348 e. The molecule has 0 atom stereocenters. The number of hydrogen-bond acceptors (Lipinski definition) is 4. The molecule has 3 aromatic carbocycles. The maximum atomic E-state index is 12.7. The second kappa shape index (κ2) is 9.93. The van der Waals surface area contributed by atoms with Gasteiger partial charge in [-0.2, -0.15) is 5.10 Å². The van der Waals surface area contributed by atoms with Gasteiger partial charge < -0.3 is 5.32 Å². The maximum Gasteiger partial charge on any atom is 0.261 e. The Hall–Kier alpha value is -3.91. The minimum atomic E-state index is -3.71. The molecule has 4 aromatic rings. The topological polar surface area (TPSA) is 93.1 Å². The van der Waals surface area contributed by atoms with Gasteiger partial charge in [0.25, 0.3) is 15.9 Å². The highest BCUT2D eigenvalue weighted by Gasteiger charge is 2.15. The molecule has 2 N–H and O–H groups in total. The molecule has 0 radical (unpaired) electrons. The number of nitrogens with zero attached hydrogens (tertiary/aromatic N) is 2. The van der Waals surface area contributed by atoms with E-state index in [-0.39, 0.29) is 10.8 Å².